The summed E-state index contributed by atoms with van der Waals surface area (Å²) in [6.07, 6.45) is 0. The van der Waals surface area contributed by atoms with Gasteiger partial charge in [0.05, 0.1) is 0 Å². The number of halogens is 2. The molecule has 204 valence electrons. The Bertz CT molecular complexity index is 1170. The van der Waals surface area contributed by atoms with Crippen molar-refractivity contribution in [1.29, 1.82) is 0 Å². The number of carboxylic acids is 2. The van der Waals surface area contributed by atoms with E-state index in [1.807, 2.05) is 0 Å². The average molecular weight is 600 g/mol. The fourth-order valence-corrected chi connectivity index (χ4v) is 4.87. The van der Waals surface area contributed by atoms with E-state index < -0.39 is 52.5 Å². The summed E-state index contributed by atoms with van der Waals surface area (Å²) in [5.41, 5.74) is 3.38. The number of aliphatic carboxylic acids is 2. The lowest BCUT2D eigenvalue weighted by Gasteiger charge is -2.49. The number of anilines is 1. The second kappa shape index (κ2) is 12.4. The molecule has 14 nitrogen and oxygen atoms in total. The zero-order valence-corrected chi connectivity index (χ0v) is 22.7. The van der Waals surface area contributed by atoms with Crippen LogP contribution in [0.4, 0.5) is 5.13 Å². The Kier molecular flexibility index (Phi) is 10.7. The number of hydrogen-bond donors (Lipinski definition) is 4. The molecule has 1 aromatic rings. The molecule has 0 aliphatic carbocycles. The van der Waals surface area contributed by atoms with Crippen molar-refractivity contribution < 1.29 is 43.8 Å². The van der Waals surface area contributed by atoms with Crippen molar-refractivity contribution in [3.8, 4) is 0 Å². The number of β-lactam (4-membered cyclic amide) rings is 1. The first-order chi connectivity index (χ1) is 16.3. The summed E-state index contributed by atoms with van der Waals surface area (Å²) in [7, 11) is 0. The number of nitrogens with zero attached hydrogens (tertiary/aromatic N) is 3. The highest BCUT2D eigenvalue weighted by Crippen LogP contribution is 2.40. The summed E-state index contributed by atoms with van der Waals surface area (Å²) in [6.45, 7) is 3.35. The Hall–Kier alpha value is -3.08. The molecule has 2 amide bonds. The number of aromatic nitrogens is 1. The van der Waals surface area contributed by atoms with Crippen molar-refractivity contribution in [2.24, 2.45) is 5.16 Å². The van der Waals surface area contributed by atoms with E-state index in [0.29, 0.717) is 0 Å². The maximum absolute atomic E-state index is 13.0. The molecule has 2 aliphatic heterocycles. The van der Waals surface area contributed by atoms with E-state index in [9.17, 15) is 34.2 Å². The smallest absolute Gasteiger partial charge is 0.352 e. The number of nitrogen functional groups attached to an aromatic ring is 1. The average Bonchev–Trinajstić information content (AvgIpc) is 3.20. The second-order valence-corrected chi connectivity index (χ2v) is 9.81. The van der Waals surface area contributed by atoms with E-state index in [0.717, 1.165) is 16.2 Å². The molecular formula is C19H23Cl2N5O9S2. The molecule has 3 heterocycles. The van der Waals surface area contributed by atoms with E-state index >= 15 is 0 Å². The number of nitrogens with two attached hydrogens (primary N) is 1. The van der Waals surface area contributed by atoms with Crippen molar-refractivity contribution in [3.05, 3.63) is 22.3 Å². The van der Waals surface area contributed by atoms with Gasteiger partial charge in [-0.3, -0.25) is 19.3 Å². The van der Waals surface area contributed by atoms with Crippen LogP contribution in [0.15, 0.2) is 21.8 Å². The minimum Gasteiger partial charge on any atom is -0.478 e. The largest absolute Gasteiger partial charge is 0.478 e. The second-order valence-electron chi connectivity index (χ2n) is 7.82. The predicted octanol–water partition coefficient (Wildman–Crippen LogP) is 0.454. The Labute approximate surface area is 230 Å². The Morgan fingerprint density at radius 1 is 1.30 bits per heavy atom. The molecule has 37 heavy (non-hydrogen) atoms. The number of rotatable bonds is 9. The molecule has 3 rings (SSSR count). The molecule has 1 saturated heterocycles. The summed E-state index contributed by atoms with van der Waals surface area (Å²) < 4.78 is 4.88. The van der Waals surface area contributed by atoms with E-state index in [2.05, 4.69) is 15.5 Å². The van der Waals surface area contributed by atoms with Crippen molar-refractivity contribution in [2.75, 3.05) is 18.1 Å². The zero-order chi connectivity index (χ0) is 26.1. The van der Waals surface area contributed by atoms with Gasteiger partial charge < -0.3 is 30.8 Å². The van der Waals surface area contributed by atoms with Gasteiger partial charge in [0.2, 0.25) is 5.60 Å². The first kappa shape index (κ1) is 31.9. The molecule has 1 fully saturated rings. The Morgan fingerprint density at radius 2 is 1.95 bits per heavy atom. The molecule has 2 atom stereocenters. The number of carbonyl (C=O) groups is 5. The number of oxime groups is 1. The van der Waals surface area contributed by atoms with Gasteiger partial charge in [0, 0.05) is 23.6 Å². The van der Waals surface area contributed by atoms with Crippen molar-refractivity contribution in [1.82, 2.24) is 15.2 Å². The lowest BCUT2D eigenvalue weighted by molar-refractivity contribution is -0.161. The number of ether oxygens (including phenoxy) is 1. The van der Waals surface area contributed by atoms with Crippen LogP contribution in [-0.2, 0) is 33.5 Å². The maximum atomic E-state index is 13.0. The van der Waals surface area contributed by atoms with Crippen molar-refractivity contribution in [2.45, 2.75) is 37.8 Å². The predicted molar refractivity (Wildman–Crippen MR) is 137 cm³/mol. The summed E-state index contributed by atoms with van der Waals surface area (Å²) in [5.74, 6) is -4.76. The van der Waals surface area contributed by atoms with Gasteiger partial charge in [0.25, 0.3) is 11.8 Å². The fourth-order valence-electron chi connectivity index (χ4n) is 2.99. The monoisotopic (exact) mass is 599 g/mol. The van der Waals surface area contributed by atoms with Crippen LogP contribution >= 0.6 is 47.9 Å². The molecule has 0 saturated carbocycles. The Balaban J connectivity index is 0.00000342. The molecule has 18 heteroatoms. The summed E-state index contributed by atoms with van der Waals surface area (Å²) in [6, 6.07) is -1.11. The fraction of sp³-hybridized carbons (Fsp3) is 0.421. The highest BCUT2D eigenvalue weighted by molar-refractivity contribution is 8.00. The third-order valence-corrected chi connectivity index (χ3v) is 6.86. The van der Waals surface area contributed by atoms with Crippen LogP contribution < -0.4 is 11.1 Å². The van der Waals surface area contributed by atoms with Crippen LogP contribution in [0.1, 0.15) is 26.5 Å². The molecule has 0 spiro atoms. The van der Waals surface area contributed by atoms with Gasteiger partial charge in [0.15, 0.2) is 10.8 Å². The maximum Gasteiger partial charge on any atom is 0.352 e. The molecule has 0 radical (unpaired) electrons. The van der Waals surface area contributed by atoms with E-state index in [-0.39, 0.29) is 59.3 Å². The van der Waals surface area contributed by atoms with Crippen molar-refractivity contribution in [3.63, 3.8) is 0 Å². The molecule has 0 aromatic carbocycles. The number of thioether (sulfide) groups is 1. The number of amides is 2. The lowest BCUT2D eigenvalue weighted by Crippen LogP contribution is -2.71. The molecule has 1 unspecified atom stereocenters. The minimum absolute atomic E-state index is 0. The summed E-state index contributed by atoms with van der Waals surface area (Å²) in [4.78, 5) is 70.1. The van der Waals surface area contributed by atoms with Gasteiger partial charge in [-0.15, -0.1) is 47.9 Å². The third kappa shape index (κ3) is 6.82. The molecule has 2 aliphatic rings. The van der Waals surface area contributed by atoms with Gasteiger partial charge in [-0.2, -0.15) is 0 Å². The summed E-state index contributed by atoms with van der Waals surface area (Å²) >= 11 is 2.18. The van der Waals surface area contributed by atoms with Crippen LogP contribution in [0.3, 0.4) is 0 Å². The highest BCUT2D eigenvalue weighted by atomic mass is 35.5. The van der Waals surface area contributed by atoms with Gasteiger partial charge in [-0.1, -0.05) is 5.16 Å². The van der Waals surface area contributed by atoms with E-state index in [1.165, 1.54) is 37.9 Å². The van der Waals surface area contributed by atoms with Crippen LogP contribution in [-0.4, -0.2) is 84.9 Å². The normalized spacial score (nSPS) is 18.9. The zero-order valence-electron chi connectivity index (χ0n) is 19.5. The van der Waals surface area contributed by atoms with Gasteiger partial charge in [-0.25, -0.2) is 14.6 Å². The SMILES string of the molecule is CC(=O)OCC1=C(C(=O)O)N2C(=O)C(NC(=O)/C(=N\OC(C)(C)C(=O)O)c3csc(N)n3)[C@H]2SC1.Cl.Cl. The molecule has 5 N–H and O–H groups in total. The first-order valence-electron chi connectivity index (χ1n) is 9.88. The van der Waals surface area contributed by atoms with Crippen LogP contribution in [0.25, 0.3) is 0 Å². The number of nitrogens with one attached hydrogen (secondary N) is 1. The van der Waals surface area contributed by atoms with Crippen LogP contribution in [0.5, 0.6) is 0 Å². The molecule has 0 bridgehead atoms. The first-order valence-corrected chi connectivity index (χ1v) is 11.8. The molecule has 1 aromatic heterocycles. The van der Waals surface area contributed by atoms with Crippen molar-refractivity contribution >= 4 is 88.5 Å². The highest BCUT2D eigenvalue weighted by Gasteiger charge is 2.54. The van der Waals surface area contributed by atoms with Gasteiger partial charge >= 0.3 is 17.9 Å². The van der Waals surface area contributed by atoms with Gasteiger partial charge in [0.1, 0.15) is 29.4 Å². The van der Waals surface area contributed by atoms with E-state index in [1.54, 1.807) is 0 Å². The van der Waals surface area contributed by atoms with Gasteiger partial charge in [-0.05, 0) is 13.8 Å². The lowest BCUT2D eigenvalue weighted by atomic mass is 10.0. The quantitative estimate of drug-likeness (QED) is 0.132. The topological polar surface area (TPSA) is 211 Å². The molecular weight excluding hydrogens is 577 g/mol. The Morgan fingerprint density at radius 3 is 2.46 bits per heavy atom. The number of hydrogen-bond acceptors (Lipinski definition) is 12. The number of esters is 1. The van der Waals surface area contributed by atoms with Crippen LogP contribution in [0.2, 0.25) is 0 Å². The van der Waals surface area contributed by atoms with E-state index in [4.69, 9.17) is 15.3 Å². The summed E-state index contributed by atoms with van der Waals surface area (Å²) in [5, 5.41) is 25.8. The standard InChI is InChI=1S/C19H21N5O9S2.2ClH/c1-7(25)32-4-8-5-34-15-11(14(27)24(15)12(8)16(28)29)22-13(26)10(9-6-35-18(20)21-9)23-33-19(2,3)17(30)31;;/h6,11,15H,4-5H2,1-3H3,(H2,20,21)(H,22,26)(H,28,29)(H,30,31);2*1H/b23-10-;;/t11?,15-;;/m1../s1. The number of carboxylic acid groups (broad SMARTS) is 2. The third-order valence-electron chi connectivity index (χ3n) is 4.85. The minimum atomic E-state index is -1.77. The number of carbonyl (C=O) groups excluding carboxylic acids is 3. The van der Waals surface area contributed by atoms with Crippen LogP contribution in [0, 0.1) is 0 Å². The number of fused-ring (bicyclic) bond motifs is 1. The number of thiazole rings is 1.